The van der Waals surface area contributed by atoms with Gasteiger partial charge in [-0.05, 0) is 26.8 Å². The van der Waals surface area contributed by atoms with E-state index in [1.807, 2.05) is 38.1 Å². The molecule has 0 radical (unpaired) electrons. The van der Waals surface area contributed by atoms with E-state index in [0.717, 1.165) is 16.9 Å². The van der Waals surface area contributed by atoms with E-state index >= 15 is 0 Å². The fraction of sp³-hybridized carbons (Fsp3) is 0.438. The van der Waals surface area contributed by atoms with Crippen molar-refractivity contribution in [2.45, 2.75) is 26.8 Å². The van der Waals surface area contributed by atoms with E-state index in [2.05, 4.69) is 4.99 Å². The van der Waals surface area contributed by atoms with Gasteiger partial charge in [-0.1, -0.05) is 17.7 Å². The first-order valence-electron chi connectivity index (χ1n) is 6.77. The lowest BCUT2D eigenvalue weighted by Gasteiger charge is -2.13. The molecule has 1 aromatic carbocycles. The SMILES string of the molecule is CCOC(=O)[C@@H](C#N)C=N[C@H](C)c1cc(C)ccc1OC. The Balaban J connectivity index is 2.92. The summed E-state index contributed by atoms with van der Waals surface area (Å²) in [5, 5.41) is 8.98. The van der Waals surface area contributed by atoms with E-state index in [1.165, 1.54) is 6.21 Å². The Morgan fingerprint density at radius 2 is 2.24 bits per heavy atom. The van der Waals surface area contributed by atoms with Crippen molar-refractivity contribution in [1.29, 1.82) is 5.26 Å². The van der Waals surface area contributed by atoms with Crippen molar-refractivity contribution in [1.82, 2.24) is 0 Å². The number of nitriles is 1. The molecule has 0 aliphatic rings. The molecule has 0 spiro atoms. The second kappa shape index (κ2) is 8.05. The van der Waals surface area contributed by atoms with Crippen LogP contribution in [0.5, 0.6) is 5.75 Å². The van der Waals surface area contributed by atoms with Crippen molar-refractivity contribution in [2.75, 3.05) is 13.7 Å². The fourth-order valence-electron chi connectivity index (χ4n) is 1.85. The summed E-state index contributed by atoms with van der Waals surface area (Å²) in [7, 11) is 1.60. The van der Waals surface area contributed by atoms with Gasteiger partial charge in [-0.2, -0.15) is 5.26 Å². The van der Waals surface area contributed by atoms with Crippen molar-refractivity contribution in [3.63, 3.8) is 0 Å². The van der Waals surface area contributed by atoms with Crippen LogP contribution in [0.3, 0.4) is 0 Å². The number of aryl methyl sites for hydroxylation is 1. The Morgan fingerprint density at radius 1 is 1.52 bits per heavy atom. The molecule has 2 atom stereocenters. The van der Waals surface area contributed by atoms with Crippen molar-refractivity contribution in [3.8, 4) is 11.8 Å². The highest BCUT2D eigenvalue weighted by Crippen LogP contribution is 2.28. The molecule has 0 saturated carbocycles. The Kier molecular flexibility index (Phi) is 6.41. The molecule has 5 heteroatoms. The summed E-state index contributed by atoms with van der Waals surface area (Å²) in [6.07, 6.45) is 1.34. The van der Waals surface area contributed by atoms with Gasteiger partial charge in [0.1, 0.15) is 5.75 Å². The number of carbonyl (C=O) groups excluding carboxylic acids is 1. The summed E-state index contributed by atoms with van der Waals surface area (Å²) in [5.41, 5.74) is 2.00. The van der Waals surface area contributed by atoms with Crippen LogP contribution in [0.4, 0.5) is 0 Å². The molecule has 0 amide bonds. The van der Waals surface area contributed by atoms with Crippen LogP contribution in [0.15, 0.2) is 23.2 Å². The minimum absolute atomic E-state index is 0.217. The molecule has 0 aliphatic carbocycles. The summed E-state index contributed by atoms with van der Waals surface area (Å²) in [5.74, 6) is -0.828. The van der Waals surface area contributed by atoms with Gasteiger partial charge in [-0.3, -0.25) is 9.79 Å². The van der Waals surface area contributed by atoms with E-state index in [0.29, 0.717) is 0 Å². The lowest BCUT2D eigenvalue weighted by atomic mass is 10.0. The number of aliphatic imine (C=N–C) groups is 1. The van der Waals surface area contributed by atoms with Crippen molar-refractivity contribution in [3.05, 3.63) is 29.3 Å². The number of hydrogen-bond acceptors (Lipinski definition) is 5. The first kappa shape index (κ1) is 16.7. The van der Waals surface area contributed by atoms with Gasteiger partial charge in [0.15, 0.2) is 5.92 Å². The highest BCUT2D eigenvalue weighted by Gasteiger charge is 2.17. The first-order chi connectivity index (χ1) is 10.0. The number of rotatable bonds is 6. The summed E-state index contributed by atoms with van der Waals surface area (Å²) in [6, 6.07) is 7.47. The standard InChI is InChI=1S/C16H20N2O3/c1-5-21-16(19)13(9-17)10-18-12(3)14-8-11(2)6-7-15(14)20-4/h6-8,10,12-13H,5H2,1-4H3/t12-,13+/m1/s1. The normalized spacial score (nSPS) is 13.5. The van der Waals surface area contributed by atoms with E-state index < -0.39 is 11.9 Å². The number of nitrogens with zero attached hydrogens (tertiary/aromatic N) is 2. The van der Waals surface area contributed by atoms with Crippen LogP contribution in [0, 0.1) is 24.2 Å². The maximum absolute atomic E-state index is 11.5. The van der Waals surface area contributed by atoms with Gasteiger partial charge in [0, 0.05) is 11.8 Å². The van der Waals surface area contributed by atoms with E-state index in [4.69, 9.17) is 14.7 Å². The van der Waals surface area contributed by atoms with Crippen LogP contribution < -0.4 is 4.74 Å². The van der Waals surface area contributed by atoms with Crippen LogP contribution in [0.25, 0.3) is 0 Å². The quantitative estimate of drug-likeness (QED) is 0.596. The molecule has 0 heterocycles. The molecule has 1 rings (SSSR count). The van der Waals surface area contributed by atoms with Gasteiger partial charge >= 0.3 is 5.97 Å². The maximum atomic E-state index is 11.5. The average Bonchev–Trinajstić information content (AvgIpc) is 2.47. The number of esters is 1. The molecule has 0 aromatic heterocycles. The first-order valence-corrected chi connectivity index (χ1v) is 6.77. The third-order valence-electron chi connectivity index (χ3n) is 2.97. The highest BCUT2D eigenvalue weighted by molar-refractivity contribution is 5.92. The Hall–Kier alpha value is -2.35. The minimum Gasteiger partial charge on any atom is -0.496 e. The second-order valence-corrected chi connectivity index (χ2v) is 4.58. The zero-order chi connectivity index (χ0) is 15.8. The molecular formula is C16H20N2O3. The minimum atomic E-state index is -0.983. The van der Waals surface area contributed by atoms with E-state index in [-0.39, 0.29) is 12.6 Å². The Labute approximate surface area is 125 Å². The van der Waals surface area contributed by atoms with E-state index in [1.54, 1.807) is 14.0 Å². The van der Waals surface area contributed by atoms with Crippen molar-refractivity contribution in [2.24, 2.45) is 10.9 Å². The predicted molar refractivity (Wildman–Crippen MR) is 80.4 cm³/mol. The van der Waals surface area contributed by atoms with Gasteiger partial charge < -0.3 is 9.47 Å². The monoisotopic (exact) mass is 288 g/mol. The van der Waals surface area contributed by atoms with Crippen LogP contribution in [-0.4, -0.2) is 25.9 Å². The molecule has 112 valence electrons. The summed E-state index contributed by atoms with van der Waals surface area (Å²) >= 11 is 0. The molecule has 0 fully saturated rings. The molecule has 0 unspecified atom stereocenters. The number of methoxy groups -OCH3 is 1. The molecule has 0 aliphatic heterocycles. The zero-order valence-corrected chi connectivity index (χ0v) is 12.8. The highest BCUT2D eigenvalue weighted by atomic mass is 16.5. The zero-order valence-electron chi connectivity index (χ0n) is 12.8. The number of hydrogen-bond donors (Lipinski definition) is 0. The van der Waals surface area contributed by atoms with Crippen LogP contribution >= 0.6 is 0 Å². The second-order valence-electron chi connectivity index (χ2n) is 4.58. The molecule has 0 saturated heterocycles. The molecule has 21 heavy (non-hydrogen) atoms. The lowest BCUT2D eigenvalue weighted by Crippen LogP contribution is -2.17. The van der Waals surface area contributed by atoms with Crippen molar-refractivity contribution >= 4 is 12.2 Å². The van der Waals surface area contributed by atoms with Gasteiger partial charge in [-0.15, -0.1) is 0 Å². The van der Waals surface area contributed by atoms with Crippen molar-refractivity contribution < 1.29 is 14.3 Å². The molecule has 0 N–H and O–H groups in total. The summed E-state index contributed by atoms with van der Waals surface area (Å²) in [6.45, 7) is 5.80. The van der Waals surface area contributed by atoms with Gasteiger partial charge in [-0.25, -0.2) is 0 Å². The predicted octanol–water partition coefficient (Wildman–Crippen LogP) is 2.84. The number of benzene rings is 1. The van der Waals surface area contributed by atoms with E-state index in [9.17, 15) is 4.79 Å². The summed E-state index contributed by atoms with van der Waals surface area (Å²) < 4.78 is 10.1. The van der Waals surface area contributed by atoms with Gasteiger partial charge in [0.25, 0.3) is 0 Å². The Morgan fingerprint density at radius 3 is 2.81 bits per heavy atom. The Bertz CT molecular complexity index is 561. The topological polar surface area (TPSA) is 71.7 Å². The van der Waals surface area contributed by atoms with Gasteiger partial charge in [0.2, 0.25) is 0 Å². The molecule has 0 bridgehead atoms. The smallest absolute Gasteiger partial charge is 0.328 e. The number of ether oxygens (including phenoxy) is 2. The maximum Gasteiger partial charge on any atom is 0.328 e. The largest absolute Gasteiger partial charge is 0.496 e. The van der Waals surface area contributed by atoms with Crippen LogP contribution in [0.2, 0.25) is 0 Å². The fourth-order valence-corrected chi connectivity index (χ4v) is 1.85. The van der Waals surface area contributed by atoms with Crippen LogP contribution in [0.1, 0.15) is 31.0 Å². The molecule has 5 nitrogen and oxygen atoms in total. The van der Waals surface area contributed by atoms with Crippen LogP contribution in [-0.2, 0) is 9.53 Å². The number of carbonyl (C=O) groups is 1. The average molecular weight is 288 g/mol. The van der Waals surface area contributed by atoms with Gasteiger partial charge in [0.05, 0.1) is 25.8 Å². The third kappa shape index (κ3) is 4.60. The lowest BCUT2D eigenvalue weighted by molar-refractivity contribution is -0.143. The third-order valence-corrected chi connectivity index (χ3v) is 2.97. The molecular weight excluding hydrogens is 268 g/mol. The molecule has 1 aromatic rings. The summed E-state index contributed by atoms with van der Waals surface area (Å²) in [4.78, 5) is 15.8.